The van der Waals surface area contributed by atoms with Crippen LogP contribution in [0.4, 0.5) is 0 Å². The molecule has 0 aliphatic carbocycles. The lowest BCUT2D eigenvalue weighted by molar-refractivity contribution is 0.396. The van der Waals surface area contributed by atoms with Crippen LogP contribution >= 0.6 is 0 Å². The zero-order valence-corrected chi connectivity index (χ0v) is 31.3. The first kappa shape index (κ1) is 40.1. The molecule has 0 aromatic carbocycles. The Bertz CT molecular complexity index is 1300. The highest BCUT2D eigenvalue weighted by Crippen LogP contribution is 2.29. The van der Waals surface area contributed by atoms with Crippen molar-refractivity contribution < 1.29 is 0 Å². The predicted molar refractivity (Wildman–Crippen MR) is 188 cm³/mol. The van der Waals surface area contributed by atoms with E-state index in [0.717, 1.165) is 17.9 Å². The third kappa shape index (κ3) is 14.9. The summed E-state index contributed by atoms with van der Waals surface area (Å²) in [5.74, 6) is 0.752. The van der Waals surface area contributed by atoms with Crippen LogP contribution in [0.3, 0.4) is 0 Å². The largest absolute Gasteiger partial charge is 0.337 e. The van der Waals surface area contributed by atoms with Gasteiger partial charge < -0.3 is 9.13 Å². The normalized spacial score (nSPS) is 13.2. The van der Waals surface area contributed by atoms with Crippen molar-refractivity contribution in [2.75, 3.05) is 0 Å². The van der Waals surface area contributed by atoms with Crippen LogP contribution in [0.25, 0.3) is 0 Å². The molecule has 12 heteroatoms. The van der Waals surface area contributed by atoms with Crippen LogP contribution in [0.15, 0.2) is 54.2 Å². The Balaban J connectivity index is 0.000000288. The molecule has 5 heterocycles. The quantitative estimate of drug-likeness (QED) is 0.205. The number of hydrogen-bond acceptors (Lipinski definition) is 8. The molecular formula is C34H60N12. The number of aromatic nitrogens is 11. The number of rotatable bonds is 0. The SMILES string of the molecule is CC(C)(C)C1=CN=CC1.CC(C)(C)c1cn[nH]n1.CC(C)(C)c1nn[nH]n1.CC(C)(C)n1ccnc1.Cn1cncc1C(C)(C)C. The summed E-state index contributed by atoms with van der Waals surface area (Å²) in [7, 11) is 2.02. The van der Waals surface area contributed by atoms with Crippen LogP contribution in [0.5, 0.6) is 0 Å². The zero-order valence-electron chi connectivity index (χ0n) is 31.3. The average molecular weight is 637 g/mol. The molecule has 46 heavy (non-hydrogen) atoms. The molecule has 0 saturated heterocycles. The van der Waals surface area contributed by atoms with Gasteiger partial charge in [0.05, 0.1) is 24.5 Å². The summed E-state index contributed by atoms with van der Waals surface area (Å²) < 4.78 is 4.13. The molecule has 0 radical (unpaired) electrons. The second-order valence-corrected chi connectivity index (χ2v) is 16.3. The first-order valence-corrected chi connectivity index (χ1v) is 15.7. The molecule has 4 aromatic heterocycles. The molecule has 0 amide bonds. The number of aliphatic imine (C=N–C) groups is 1. The van der Waals surface area contributed by atoms with Crippen LogP contribution in [0.2, 0.25) is 0 Å². The molecule has 5 rings (SSSR count). The number of nitrogens with one attached hydrogen (secondary N) is 2. The summed E-state index contributed by atoms with van der Waals surface area (Å²) in [6.07, 6.45) is 16.1. The lowest BCUT2D eigenvalue weighted by Crippen LogP contribution is -2.19. The van der Waals surface area contributed by atoms with Gasteiger partial charge in [0.1, 0.15) is 0 Å². The van der Waals surface area contributed by atoms with Crippen LogP contribution < -0.4 is 0 Å². The molecule has 0 saturated carbocycles. The highest BCUT2D eigenvalue weighted by atomic mass is 15.5. The van der Waals surface area contributed by atoms with Gasteiger partial charge in [-0.1, -0.05) is 88.3 Å². The second kappa shape index (κ2) is 16.6. The van der Waals surface area contributed by atoms with Gasteiger partial charge in [-0.15, -0.1) is 10.2 Å². The molecule has 2 N–H and O–H groups in total. The van der Waals surface area contributed by atoms with E-state index in [1.165, 1.54) is 11.3 Å². The fourth-order valence-electron chi connectivity index (χ4n) is 3.62. The third-order valence-electron chi connectivity index (χ3n) is 6.67. The van der Waals surface area contributed by atoms with E-state index in [1.807, 2.05) is 65.3 Å². The Labute approximate surface area is 277 Å². The van der Waals surface area contributed by atoms with E-state index in [9.17, 15) is 0 Å². The monoisotopic (exact) mass is 637 g/mol. The van der Waals surface area contributed by atoms with Crippen molar-refractivity contribution in [3.8, 4) is 0 Å². The Hall–Kier alpha value is -3.96. The maximum absolute atomic E-state index is 4.05. The highest BCUT2D eigenvalue weighted by Gasteiger charge is 2.19. The van der Waals surface area contributed by atoms with E-state index in [0.29, 0.717) is 5.41 Å². The molecule has 1 aliphatic heterocycles. The second-order valence-electron chi connectivity index (χ2n) is 16.3. The molecule has 4 aromatic rings. The van der Waals surface area contributed by atoms with Crippen molar-refractivity contribution in [3.05, 3.63) is 66.4 Å². The van der Waals surface area contributed by atoms with Gasteiger partial charge in [-0.25, -0.2) is 9.97 Å². The topological polar surface area (TPSA) is 144 Å². The van der Waals surface area contributed by atoms with Crippen LogP contribution in [-0.4, -0.2) is 61.4 Å². The van der Waals surface area contributed by atoms with Gasteiger partial charge in [0.2, 0.25) is 0 Å². The van der Waals surface area contributed by atoms with Gasteiger partial charge in [0.15, 0.2) is 5.82 Å². The van der Waals surface area contributed by atoms with Crippen LogP contribution in [0.1, 0.15) is 127 Å². The lowest BCUT2D eigenvalue weighted by atomic mass is 9.86. The average Bonchev–Trinajstić information content (AvgIpc) is 3.76. The van der Waals surface area contributed by atoms with Crippen molar-refractivity contribution in [3.63, 3.8) is 0 Å². The minimum Gasteiger partial charge on any atom is -0.337 e. The molecule has 0 bridgehead atoms. The molecule has 1 aliphatic rings. The van der Waals surface area contributed by atoms with E-state index in [1.54, 1.807) is 12.4 Å². The van der Waals surface area contributed by atoms with Gasteiger partial charge >= 0.3 is 0 Å². The number of H-pyrrole nitrogens is 2. The Kier molecular flexibility index (Phi) is 14.4. The van der Waals surface area contributed by atoms with E-state index < -0.39 is 0 Å². The molecule has 12 nitrogen and oxygen atoms in total. The number of tetrazole rings is 1. The number of nitrogens with zero attached hydrogens (tertiary/aromatic N) is 10. The number of hydrogen-bond donors (Lipinski definition) is 2. The van der Waals surface area contributed by atoms with Crippen LogP contribution in [0, 0.1) is 5.41 Å². The molecule has 0 unspecified atom stereocenters. The van der Waals surface area contributed by atoms with Gasteiger partial charge in [0, 0.05) is 72.0 Å². The molecule has 0 atom stereocenters. The number of imidazole rings is 2. The third-order valence-corrected chi connectivity index (χ3v) is 6.67. The van der Waals surface area contributed by atoms with Crippen molar-refractivity contribution in [1.82, 2.24) is 55.1 Å². The summed E-state index contributed by atoms with van der Waals surface area (Å²) in [6.45, 7) is 32.1. The fourth-order valence-corrected chi connectivity index (χ4v) is 3.62. The van der Waals surface area contributed by atoms with E-state index in [2.05, 4.69) is 143 Å². The summed E-state index contributed by atoms with van der Waals surface area (Å²) in [5, 5.41) is 23.8. The first-order valence-electron chi connectivity index (χ1n) is 15.7. The molecule has 0 fully saturated rings. The standard InChI is InChI=1S/C8H14N2.C8H13N.C7H12N2.C6H11N3.C5H10N4/c1-8(2,3)7-5-9-6-10(7)4;1-8(2,3)7-4-5-9-6-7;1-7(2,3)9-5-4-8-6-9;1-6(2,3)5-4-7-9-8-5;1-5(2,3)4-6-8-9-7-4/h5-6H,1-4H3;5-6H,4H2,1-3H3;4-6H,1-3H3;4H,1-3H3,(H,7,8,9);1-3H3,(H,6,7,8,9). The predicted octanol–water partition coefficient (Wildman–Crippen LogP) is 7.35. The van der Waals surface area contributed by atoms with Gasteiger partial charge in [-0.3, -0.25) is 4.99 Å². The summed E-state index contributed by atoms with van der Waals surface area (Å²) in [4.78, 5) is 12.0. The molecular weight excluding hydrogens is 576 g/mol. The summed E-state index contributed by atoms with van der Waals surface area (Å²) in [6, 6.07) is 0. The number of allylic oxidation sites excluding steroid dienone is 1. The summed E-state index contributed by atoms with van der Waals surface area (Å²) >= 11 is 0. The van der Waals surface area contributed by atoms with Crippen LogP contribution in [-0.2, 0) is 28.8 Å². The number of aryl methyl sites for hydroxylation is 1. The highest BCUT2D eigenvalue weighted by molar-refractivity contribution is 5.65. The van der Waals surface area contributed by atoms with Gasteiger partial charge in [0.25, 0.3) is 0 Å². The maximum atomic E-state index is 4.05. The Morgan fingerprint density at radius 3 is 1.57 bits per heavy atom. The van der Waals surface area contributed by atoms with Crippen molar-refractivity contribution in [2.45, 2.75) is 132 Å². The Morgan fingerprint density at radius 2 is 1.35 bits per heavy atom. The molecule has 256 valence electrons. The van der Waals surface area contributed by atoms with Gasteiger partial charge in [-0.2, -0.15) is 20.6 Å². The smallest absolute Gasteiger partial charge is 0.179 e. The van der Waals surface area contributed by atoms with E-state index >= 15 is 0 Å². The number of aromatic amines is 2. The van der Waals surface area contributed by atoms with Gasteiger partial charge in [-0.05, 0) is 31.8 Å². The van der Waals surface area contributed by atoms with E-state index in [4.69, 9.17) is 0 Å². The minimum atomic E-state index is 0.00694. The van der Waals surface area contributed by atoms with E-state index in [-0.39, 0.29) is 21.8 Å². The maximum Gasteiger partial charge on any atom is 0.179 e. The van der Waals surface area contributed by atoms with Crippen molar-refractivity contribution in [2.24, 2.45) is 17.5 Å². The lowest BCUT2D eigenvalue weighted by Gasteiger charge is -2.19. The minimum absolute atomic E-state index is 0.00694. The summed E-state index contributed by atoms with van der Waals surface area (Å²) in [5.41, 5.74) is 4.54. The first-order chi connectivity index (χ1) is 20.9. The fraction of sp³-hybridized carbons (Fsp3) is 0.647. The van der Waals surface area contributed by atoms with Crippen molar-refractivity contribution in [1.29, 1.82) is 0 Å². The Morgan fingerprint density at radius 1 is 0.696 bits per heavy atom. The zero-order chi connectivity index (χ0) is 35.4. The molecule has 0 spiro atoms. The van der Waals surface area contributed by atoms with Crippen molar-refractivity contribution >= 4 is 6.21 Å².